The van der Waals surface area contributed by atoms with Crippen LogP contribution in [0.2, 0.25) is 0 Å². The smallest absolute Gasteiger partial charge is 0.128 e. The molecule has 4 aromatic heterocycles. The summed E-state index contributed by atoms with van der Waals surface area (Å²) in [5, 5.41) is 5.34. The van der Waals surface area contributed by atoms with Gasteiger partial charge in [0.25, 0.3) is 0 Å². The Morgan fingerprint density at radius 3 is 3.04 bits per heavy atom. The quantitative estimate of drug-likeness (QED) is 0.490. The summed E-state index contributed by atoms with van der Waals surface area (Å²) in [6.45, 7) is 1.97. The lowest BCUT2D eigenvalue weighted by Gasteiger charge is -2.05. The Balaban J connectivity index is 1.72. The molecule has 4 heterocycles. The van der Waals surface area contributed by atoms with Gasteiger partial charge in [0.1, 0.15) is 27.0 Å². The van der Waals surface area contributed by atoms with Crippen molar-refractivity contribution in [1.29, 1.82) is 0 Å². The van der Waals surface area contributed by atoms with Crippen LogP contribution in [0.5, 0.6) is 0 Å². The molecule has 0 bridgehead atoms. The van der Waals surface area contributed by atoms with Crippen molar-refractivity contribution < 1.29 is 0 Å². The van der Waals surface area contributed by atoms with Gasteiger partial charge in [0, 0.05) is 10.3 Å². The summed E-state index contributed by atoms with van der Waals surface area (Å²) in [6.07, 6.45) is 5.22. The van der Waals surface area contributed by atoms with Gasteiger partial charge in [-0.15, -0.1) is 22.7 Å². The summed E-state index contributed by atoms with van der Waals surface area (Å²) in [6, 6.07) is 2.04. The Hall–Kier alpha value is -1.57. The van der Waals surface area contributed by atoms with Crippen molar-refractivity contribution in [3.05, 3.63) is 34.0 Å². The second kappa shape index (κ2) is 5.22. The molecule has 0 N–H and O–H groups in total. The lowest BCUT2D eigenvalue weighted by atomic mass is 10.2. The summed E-state index contributed by atoms with van der Waals surface area (Å²) in [5.41, 5.74) is 2.47. The van der Waals surface area contributed by atoms with Crippen LogP contribution in [0.3, 0.4) is 0 Å². The number of aryl methyl sites for hydroxylation is 3. The average Bonchev–Trinajstić information content (AvgIpc) is 3.20. The molecule has 0 amide bonds. The van der Waals surface area contributed by atoms with Crippen LogP contribution in [0.1, 0.15) is 22.7 Å². The Morgan fingerprint density at radius 1 is 1.13 bits per heavy atom. The largest absolute Gasteiger partial charge is 0.235 e. The molecule has 114 valence electrons. The highest BCUT2D eigenvalue weighted by Crippen LogP contribution is 2.43. The summed E-state index contributed by atoms with van der Waals surface area (Å²) in [7, 11) is 0. The number of hydrogen-bond acceptors (Lipinski definition) is 7. The molecule has 4 nitrogen and oxygen atoms in total. The molecular formula is C16H12N4S3. The summed E-state index contributed by atoms with van der Waals surface area (Å²) >= 11 is 5.17. The first-order valence-electron chi connectivity index (χ1n) is 7.44. The van der Waals surface area contributed by atoms with E-state index in [0.717, 1.165) is 37.3 Å². The van der Waals surface area contributed by atoms with E-state index >= 15 is 0 Å². The lowest BCUT2D eigenvalue weighted by Crippen LogP contribution is -1.93. The molecule has 23 heavy (non-hydrogen) atoms. The van der Waals surface area contributed by atoms with E-state index < -0.39 is 0 Å². The summed E-state index contributed by atoms with van der Waals surface area (Å²) in [5.74, 6) is 0.830. The summed E-state index contributed by atoms with van der Waals surface area (Å²) < 4.78 is 1.13. The molecule has 0 fully saturated rings. The molecule has 7 heteroatoms. The third-order valence-electron chi connectivity index (χ3n) is 4.05. The van der Waals surface area contributed by atoms with Crippen LogP contribution in [-0.2, 0) is 12.8 Å². The number of aromatic nitrogens is 4. The van der Waals surface area contributed by atoms with Gasteiger partial charge >= 0.3 is 0 Å². The number of rotatable bonds is 2. The zero-order chi connectivity index (χ0) is 15.4. The second-order valence-electron chi connectivity index (χ2n) is 5.53. The van der Waals surface area contributed by atoms with E-state index in [1.165, 1.54) is 28.7 Å². The van der Waals surface area contributed by atoms with Crippen molar-refractivity contribution in [2.24, 2.45) is 0 Å². The average molecular weight is 357 g/mol. The minimum absolute atomic E-state index is 0.830. The van der Waals surface area contributed by atoms with Gasteiger partial charge in [-0.25, -0.2) is 19.9 Å². The van der Waals surface area contributed by atoms with Gasteiger partial charge < -0.3 is 0 Å². The Labute approximate surface area is 145 Å². The highest BCUT2D eigenvalue weighted by Gasteiger charge is 2.23. The number of nitrogens with zero attached hydrogens (tertiary/aromatic N) is 4. The molecule has 5 rings (SSSR count). The van der Waals surface area contributed by atoms with Gasteiger partial charge in [0.05, 0.1) is 10.2 Å². The molecule has 0 aliphatic heterocycles. The van der Waals surface area contributed by atoms with Gasteiger partial charge in [0.15, 0.2) is 0 Å². The Kier molecular flexibility index (Phi) is 3.14. The lowest BCUT2D eigenvalue weighted by molar-refractivity contribution is 0.914. The van der Waals surface area contributed by atoms with Crippen molar-refractivity contribution >= 4 is 54.9 Å². The van der Waals surface area contributed by atoms with Crippen molar-refractivity contribution in [3.8, 4) is 0 Å². The predicted octanol–water partition coefficient (Wildman–Crippen LogP) is 4.64. The summed E-state index contributed by atoms with van der Waals surface area (Å²) in [4.78, 5) is 20.8. The zero-order valence-electron chi connectivity index (χ0n) is 12.4. The van der Waals surface area contributed by atoms with E-state index in [1.807, 2.05) is 24.3 Å². The number of fused-ring (bicyclic) bond motifs is 4. The molecule has 0 saturated heterocycles. The van der Waals surface area contributed by atoms with Crippen LogP contribution in [0.4, 0.5) is 0 Å². The van der Waals surface area contributed by atoms with E-state index in [0.29, 0.717) is 0 Å². The minimum atomic E-state index is 0.830. The topological polar surface area (TPSA) is 51.6 Å². The van der Waals surface area contributed by atoms with E-state index in [2.05, 4.69) is 20.3 Å². The van der Waals surface area contributed by atoms with Gasteiger partial charge in [0.2, 0.25) is 0 Å². The van der Waals surface area contributed by atoms with E-state index in [4.69, 9.17) is 4.98 Å². The SMILES string of the molecule is Cc1nc(Sc2ncnc3ccsc23)c2c3c(sc2n1)CCC3. The molecule has 1 aliphatic rings. The maximum atomic E-state index is 4.74. The van der Waals surface area contributed by atoms with Crippen molar-refractivity contribution in [1.82, 2.24) is 19.9 Å². The fourth-order valence-electron chi connectivity index (χ4n) is 3.07. The van der Waals surface area contributed by atoms with Crippen molar-refractivity contribution in [2.45, 2.75) is 36.2 Å². The van der Waals surface area contributed by atoms with Crippen molar-refractivity contribution in [3.63, 3.8) is 0 Å². The molecule has 4 aromatic rings. The van der Waals surface area contributed by atoms with Crippen LogP contribution in [-0.4, -0.2) is 19.9 Å². The van der Waals surface area contributed by atoms with E-state index in [1.54, 1.807) is 29.4 Å². The standard InChI is InChI=1S/C16H12N4S3/c1-8-19-14-12(9-3-2-4-11(9)22-14)15(20-8)23-16-13-10(5-6-21-13)17-7-18-16/h5-7H,2-4H2,1H3. The van der Waals surface area contributed by atoms with Gasteiger partial charge in [-0.2, -0.15) is 0 Å². The fourth-order valence-corrected chi connectivity index (χ4v) is 6.42. The third kappa shape index (κ3) is 2.18. The fraction of sp³-hybridized carbons (Fsp3) is 0.250. The number of hydrogen-bond donors (Lipinski definition) is 0. The maximum Gasteiger partial charge on any atom is 0.128 e. The molecular weight excluding hydrogens is 344 g/mol. The van der Waals surface area contributed by atoms with Gasteiger partial charge in [-0.3, -0.25) is 0 Å². The van der Waals surface area contributed by atoms with E-state index in [-0.39, 0.29) is 0 Å². The molecule has 1 aliphatic carbocycles. The molecule has 0 spiro atoms. The molecule has 0 unspecified atom stereocenters. The van der Waals surface area contributed by atoms with Crippen LogP contribution in [0.25, 0.3) is 20.4 Å². The highest BCUT2D eigenvalue weighted by molar-refractivity contribution is 7.99. The molecule has 0 atom stereocenters. The molecule has 0 saturated carbocycles. The molecule has 0 aromatic carbocycles. The van der Waals surface area contributed by atoms with Crippen LogP contribution < -0.4 is 0 Å². The first-order valence-corrected chi connectivity index (χ1v) is 9.96. The van der Waals surface area contributed by atoms with E-state index in [9.17, 15) is 0 Å². The second-order valence-corrected chi connectivity index (χ2v) is 8.51. The van der Waals surface area contributed by atoms with Gasteiger partial charge in [-0.1, -0.05) is 0 Å². The minimum Gasteiger partial charge on any atom is -0.235 e. The maximum absolute atomic E-state index is 4.74. The van der Waals surface area contributed by atoms with Crippen molar-refractivity contribution in [2.75, 3.05) is 0 Å². The van der Waals surface area contributed by atoms with Crippen LogP contribution in [0, 0.1) is 6.92 Å². The first-order chi connectivity index (χ1) is 11.3. The Morgan fingerprint density at radius 2 is 2.09 bits per heavy atom. The Bertz CT molecular complexity index is 1050. The van der Waals surface area contributed by atoms with Crippen LogP contribution in [0.15, 0.2) is 27.8 Å². The number of thiophene rings is 2. The van der Waals surface area contributed by atoms with Gasteiger partial charge in [-0.05, 0) is 55.0 Å². The normalized spacial score (nSPS) is 14.0. The molecule has 0 radical (unpaired) electrons. The predicted molar refractivity (Wildman–Crippen MR) is 95.7 cm³/mol. The monoisotopic (exact) mass is 356 g/mol. The third-order valence-corrected chi connectivity index (χ3v) is 7.26. The first kappa shape index (κ1) is 13.8. The highest BCUT2D eigenvalue weighted by atomic mass is 32.2. The zero-order valence-corrected chi connectivity index (χ0v) is 14.8. The van der Waals surface area contributed by atoms with Crippen LogP contribution >= 0.6 is 34.4 Å².